The molecule has 0 aliphatic carbocycles. The second kappa shape index (κ2) is 5.43. The van der Waals surface area contributed by atoms with Crippen LogP contribution in [0, 0.1) is 11.6 Å². The van der Waals surface area contributed by atoms with Gasteiger partial charge in [0.1, 0.15) is 6.61 Å². The molecule has 0 radical (unpaired) electrons. The molecule has 1 N–H and O–H groups in total. The number of hydrogen-bond acceptors (Lipinski definition) is 5. The smallest absolute Gasteiger partial charge is 0.309 e. The van der Waals surface area contributed by atoms with Crippen molar-refractivity contribution in [1.82, 2.24) is 9.55 Å². The molecule has 0 saturated carbocycles. The third-order valence-corrected chi connectivity index (χ3v) is 5.04. The van der Waals surface area contributed by atoms with E-state index in [0.717, 1.165) is 12.1 Å². The van der Waals surface area contributed by atoms with Crippen LogP contribution < -0.4 is 5.56 Å². The van der Waals surface area contributed by atoms with Crippen LogP contribution in [0.15, 0.2) is 29.1 Å². The molecular formula is C19H12F2N2O4. The SMILES string of the molecule is O=C1CC(O)c2cc3n(c(=O)c2CO1)Cc1cc2cc(F)c(F)cc2nc1-3. The highest BCUT2D eigenvalue weighted by Crippen LogP contribution is 2.35. The Morgan fingerprint density at radius 2 is 1.93 bits per heavy atom. The molecule has 2 aliphatic heterocycles. The van der Waals surface area contributed by atoms with Crippen LogP contribution in [-0.2, 0) is 22.7 Å². The molecule has 3 aromatic rings. The van der Waals surface area contributed by atoms with Crippen LogP contribution in [0.25, 0.3) is 22.3 Å². The molecule has 0 spiro atoms. The third kappa shape index (κ3) is 2.30. The van der Waals surface area contributed by atoms with Crippen molar-refractivity contribution in [2.75, 3.05) is 0 Å². The van der Waals surface area contributed by atoms with Crippen LogP contribution >= 0.6 is 0 Å². The van der Waals surface area contributed by atoms with Crippen molar-refractivity contribution >= 4 is 16.9 Å². The number of carbonyl (C=O) groups excluding carboxylic acids is 1. The number of halogens is 2. The second-order valence-corrected chi connectivity index (χ2v) is 6.69. The Morgan fingerprint density at radius 3 is 2.74 bits per heavy atom. The number of nitrogens with zero attached hydrogens (tertiary/aromatic N) is 2. The molecule has 1 aromatic carbocycles. The minimum atomic E-state index is -1.15. The summed E-state index contributed by atoms with van der Waals surface area (Å²) in [5.74, 6) is -2.54. The zero-order chi connectivity index (χ0) is 18.9. The number of aliphatic hydroxyl groups is 1. The minimum absolute atomic E-state index is 0.202. The lowest BCUT2D eigenvalue weighted by Crippen LogP contribution is -2.25. The van der Waals surface area contributed by atoms with Crippen LogP contribution in [0.5, 0.6) is 0 Å². The van der Waals surface area contributed by atoms with E-state index in [-0.39, 0.29) is 36.2 Å². The summed E-state index contributed by atoms with van der Waals surface area (Å²) in [4.78, 5) is 28.9. The van der Waals surface area contributed by atoms with Crippen LogP contribution in [0.4, 0.5) is 8.78 Å². The summed E-state index contributed by atoms with van der Waals surface area (Å²) < 4.78 is 33.5. The zero-order valence-electron chi connectivity index (χ0n) is 13.8. The number of ether oxygens (including phenoxy) is 1. The summed E-state index contributed by atoms with van der Waals surface area (Å²) in [6.07, 6.45) is -1.39. The van der Waals surface area contributed by atoms with Crippen LogP contribution in [0.2, 0.25) is 0 Å². The van der Waals surface area contributed by atoms with E-state index in [4.69, 9.17) is 4.74 Å². The molecular weight excluding hydrogens is 358 g/mol. The molecule has 0 amide bonds. The van der Waals surface area contributed by atoms with Crippen molar-refractivity contribution in [3.8, 4) is 11.4 Å². The molecule has 1 atom stereocenters. The molecule has 2 aromatic heterocycles. The van der Waals surface area contributed by atoms with Gasteiger partial charge in [-0.1, -0.05) is 0 Å². The molecule has 8 heteroatoms. The summed E-state index contributed by atoms with van der Waals surface area (Å²) in [6, 6.07) is 5.38. The Balaban J connectivity index is 1.75. The van der Waals surface area contributed by atoms with Gasteiger partial charge in [0, 0.05) is 17.0 Å². The molecule has 136 valence electrons. The molecule has 0 bridgehead atoms. The Morgan fingerprint density at radius 1 is 1.15 bits per heavy atom. The number of cyclic esters (lactones) is 1. The first-order valence-corrected chi connectivity index (χ1v) is 8.31. The van der Waals surface area contributed by atoms with Crippen LogP contribution in [0.1, 0.15) is 29.2 Å². The number of fused-ring (bicyclic) bond motifs is 5. The fourth-order valence-electron chi connectivity index (χ4n) is 3.71. The maximum absolute atomic E-state index is 13.6. The predicted molar refractivity (Wildman–Crippen MR) is 89.8 cm³/mol. The first-order chi connectivity index (χ1) is 12.9. The molecule has 0 saturated heterocycles. The zero-order valence-corrected chi connectivity index (χ0v) is 13.8. The molecule has 2 aliphatic rings. The van der Waals surface area contributed by atoms with Gasteiger partial charge in [0.25, 0.3) is 5.56 Å². The molecule has 0 fully saturated rings. The first kappa shape index (κ1) is 16.1. The van der Waals surface area contributed by atoms with E-state index in [0.29, 0.717) is 27.9 Å². The van der Waals surface area contributed by atoms with E-state index in [9.17, 15) is 23.5 Å². The number of carbonyl (C=O) groups is 1. The van der Waals surface area contributed by atoms with Crippen molar-refractivity contribution in [3.05, 3.63) is 62.9 Å². The Hall–Kier alpha value is -3.13. The molecule has 6 nitrogen and oxygen atoms in total. The summed E-state index contributed by atoms with van der Waals surface area (Å²) in [5.41, 5.74) is 2.07. The van der Waals surface area contributed by atoms with Gasteiger partial charge >= 0.3 is 5.97 Å². The summed E-state index contributed by atoms with van der Waals surface area (Å²) in [5, 5.41) is 10.7. The highest BCUT2D eigenvalue weighted by molar-refractivity contribution is 5.84. The lowest BCUT2D eigenvalue weighted by molar-refractivity contribution is -0.146. The number of pyridine rings is 2. The van der Waals surface area contributed by atoms with Gasteiger partial charge in [-0.3, -0.25) is 9.59 Å². The Bertz CT molecular complexity index is 1220. The Labute approximate surface area is 150 Å². The molecule has 4 heterocycles. The lowest BCUT2D eigenvalue weighted by Gasteiger charge is -2.13. The van der Waals surface area contributed by atoms with Gasteiger partial charge in [-0.05, 0) is 23.8 Å². The summed E-state index contributed by atoms with van der Waals surface area (Å²) in [6.45, 7) is 0.00920. The van der Waals surface area contributed by atoms with E-state index >= 15 is 0 Å². The molecule has 1 unspecified atom stereocenters. The number of esters is 1. The van der Waals surface area contributed by atoms with Gasteiger partial charge in [-0.2, -0.15) is 0 Å². The second-order valence-electron chi connectivity index (χ2n) is 6.69. The first-order valence-electron chi connectivity index (χ1n) is 8.31. The van der Waals surface area contributed by atoms with Gasteiger partial charge < -0.3 is 14.4 Å². The van der Waals surface area contributed by atoms with Crippen molar-refractivity contribution in [3.63, 3.8) is 0 Å². The van der Waals surface area contributed by atoms with E-state index in [2.05, 4.69) is 4.98 Å². The van der Waals surface area contributed by atoms with Gasteiger partial charge in [-0.15, -0.1) is 0 Å². The van der Waals surface area contributed by atoms with Gasteiger partial charge in [0.2, 0.25) is 0 Å². The van der Waals surface area contributed by atoms with Gasteiger partial charge in [0.05, 0.1) is 41.5 Å². The summed E-state index contributed by atoms with van der Waals surface area (Å²) >= 11 is 0. The van der Waals surface area contributed by atoms with Crippen LogP contribution in [0.3, 0.4) is 0 Å². The standard InChI is InChI=1S/C19H12F2N2O4/c20-12-2-8-1-9-6-23-15(18(9)22-14(8)4-13(12)21)3-10-11(19(23)26)7-27-17(25)5-16(10)24/h1-4,16,24H,5-7H2. The highest BCUT2D eigenvalue weighted by atomic mass is 19.2. The van der Waals surface area contributed by atoms with E-state index in [1.54, 1.807) is 12.1 Å². The average Bonchev–Trinajstić information content (AvgIpc) is 2.90. The predicted octanol–water partition coefficient (Wildman–Crippen LogP) is 2.18. The summed E-state index contributed by atoms with van der Waals surface area (Å²) in [7, 11) is 0. The minimum Gasteiger partial charge on any atom is -0.460 e. The van der Waals surface area contributed by atoms with Crippen LogP contribution in [-0.4, -0.2) is 20.6 Å². The van der Waals surface area contributed by atoms with Crippen molar-refractivity contribution in [1.29, 1.82) is 0 Å². The largest absolute Gasteiger partial charge is 0.460 e. The van der Waals surface area contributed by atoms with Gasteiger partial charge in [0.15, 0.2) is 11.6 Å². The maximum atomic E-state index is 13.6. The van der Waals surface area contributed by atoms with Crippen molar-refractivity contribution < 1.29 is 23.4 Å². The monoisotopic (exact) mass is 370 g/mol. The number of rotatable bonds is 0. The van der Waals surface area contributed by atoms with Crippen molar-refractivity contribution in [2.24, 2.45) is 0 Å². The number of benzene rings is 1. The third-order valence-electron chi connectivity index (χ3n) is 5.04. The number of aromatic nitrogens is 2. The number of aliphatic hydroxyl groups excluding tert-OH is 1. The highest BCUT2D eigenvalue weighted by Gasteiger charge is 2.30. The average molecular weight is 370 g/mol. The van der Waals surface area contributed by atoms with E-state index < -0.39 is 23.7 Å². The fourth-order valence-corrected chi connectivity index (χ4v) is 3.71. The fraction of sp³-hybridized carbons (Fsp3) is 0.211. The maximum Gasteiger partial charge on any atom is 0.309 e. The topological polar surface area (TPSA) is 81.4 Å². The van der Waals surface area contributed by atoms with E-state index in [1.807, 2.05) is 0 Å². The lowest BCUT2D eigenvalue weighted by atomic mass is 10.0. The van der Waals surface area contributed by atoms with E-state index in [1.165, 1.54) is 4.57 Å². The quantitative estimate of drug-likeness (QED) is 0.480. The normalized spacial score (nSPS) is 17.9. The van der Waals surface area contributed by atoms with Gasteiger partial charge in [-0.25, -0.2) is 13.8 Å². The molecule has 27 heavy (non-hydrogen) atoms. The molecule has 5 rings (SSSR count). The Kier molecular flexibility index (Phi) is 3.23. The number of hydrogen-bond donors (Lipinski definition) is 1. The van der Waals surface area contributed by atoms with Crippen molar-refractivity contribution in [2.45, 2.75) is 25.7 Å².